The Morgan fingerprint density at radius 2 is 0.977 bits per heavy atom. The molecule has 2 aliphatic rings. The summed E-state index contributed by atoms with van der Waals surface area (Å²) in [5, 5.41) is 8.54. The highest BCUT2D eigenvalue weighted by molar-refractivity contribution is 8.01. The van der Waals surface area contributed by atoms with Gasteiger partial charge in [-0.05, 0) is 98.6 Å². The van der Waals surface area contributed by atoms with Gasteiger partial charge in [0.1, 0.15) is 10.7 Å². The topological polar surface area (TPSA) is 24.1 Å². The van der Waals surface area contributed by atoms with E-state index in [9.17, 15) is 0 Å². The van der Waals surface area contributed by atoms with Crippen LogP contribution in [0.4, 0.5) is 11.4 Å². The quantitative estimate of drug-likeness (QED) is 0.159. The van der Waals surface area contributed by atoms with Gasteiger partial charge in [0.25, 0.3) is 0 Å². The first-order valence-electron chi connectivity index (χ1n) is 17.3. The summed E-state index contributed by atoms with van der Waals surface area (Å²) < 4.78 is 0. The monoisotopic (exact) mass is 668 g/mol. The predicted molar refractivity (Wildman–Crippen MR) is 201 cm³/mol. The molecule has 1 aromatic carbocycles. The smallest absolute Gasteiger partial charge is 0.112 e. The van der Waals surface area contributed by atoms with Crippen LogP contribution in [0.5, 0.6) is 0 Å². The standard InChI is InChI=1S/C38H56N2S4/c1-23(2)11-9-13-25(5)15-17-29-19-21-31(41-29)37-39-33-27(7)36-34(28(8)35(33)43-37)40-38(44-36)32-22-20-30(42-32)18-16-26(6)14-10-12-24(3)4/h19-26,37-40H,9-18H2,1-8H3. The molecule has 6 heteroatoms. The van der Waals surface area contributed by atoms with E-state index in [1.807, 2.05) is 46.2 Å². The van der Waals surface area contributed by atoms with Crippen molar-refractivity contribution in [3.8, 4) is 0 Å². The van der Waals surface area contributed by atoms with Crippen LogP contribution in [0, 0.1) is 37.5 Å². The molecule has 2 aliphatic heterocycles. The highest BCUT2D eigenvalue weighted by atomic mass is 32.2. The number of hydrogen-bond donors (Lipinski definition) is 2. The zero-order valence-electron chi connectivity index (χ0n) is 28.5. The van der Waals surface area contributed by atoms with Crippen molar-refractivity contribution in [1.82, 2.24) is 0 Å². The van der Waals surface area contributed by atoms with Crippen molar-refractivity contribution in [3.05, 3.63) is 54.9 Å². The van der Waals surface area contributed by atoms with Crippen LogP contribution in [0.15, 0.2) is 34.1 Å². The van der Waals surface area contributed by atoms with Gasteiger partial charge in [-0.1, -0.05) is 104 Å². The summed E-state index contributed by atoms with van der Waals surface area (Å²) in [5.41, 5.74) is 5.54. The van der Waals surface area contributed by atoms with E-state index >= 15 is 0 Å². The normalized spacial score (nSPS) is 18.9. The average molecular weight is 669 g/mol. The Labute approximate surface area is 285 Å². The summed E-state index contributed by atoms with van der Waals surface area (Å²) in [5.74, 6) is 3.29. The van der Waals surface area contributed by atoms with Gasteiger partial charge in [-0.15, -0.1) is 22.7 Å². The Morgan fingerprint density at radius 3 is 1.36 bits per heavy atom. The largest absolute Gasteiger partial charge is 0.367 e. The lowest BCUT2D eigenvalue weighted by molar-refractivity contribution is 0.437. The molecule has 0 aliphatic carbocycles. The van der Waals surface area contributed by atoms with E-state index in [-0.39, 0.29) is 0 Å². The van der Waals surface area contributed by atoms with Crippen LogP contribution < -0.4 is 10.6 Å². The summed E-state index contributed by atoms with van der Waals surface area (Å²) in [6.45, 7) is 18.9. The van der Waals surface area contributed by atoms with Crippen LogP contribution in [0.25, 0.3) is 0 Å². The SMILES string of the molecule is Cc1c2c(c(C)c3c1SC(c1ccc(CCC(C)CCCC(C)C)s1)N3)SC(c1ccc(CCC(C)CCCC(C)C)s1)N2. The fourth-order valence-corrected chi connectivity index (χ4v) is 11.5. The molecule has 0 amide bonds. The second kappa shape index (κ2) is 15.7. The van der Waals surface area contributed by atoms with Crippen molar-refractivity contribution in [2.75, 3.05) is 10.6 Å². The van der Waals surface area contributed by atoms with Crippen LogP contribution >= 0.6 is 46.2 Å². The Morgan fingerprint density at radius 1 is 0.568 bits per heavy atom. The van der Waals surface area contributed by atoms with E-state index < -0.39 is 0 Å². The summed E-state index contributed by atoms with van der Waals surface area (Å²) in [4.78, 5) is 8.89. The average Bonchev–Trinajstić information content (AvgIpc) is 3.78. The molecular formula is C38H56N2S4. The van der Waals surface area contributed by atoms with Gasteiger partial charge in [-0.3, -0.25) is 0 Å². The van der Waals surface area contributed by atoms with Crippen molar-refractivity contribution in [2.24, 2.45) is 23.7 Å². The minimum absolute atomic E-state index is 0.320. The molecule has 4 unspecified atom stereocenters. The van der Waals surface area contributed by atoms with Gasteiger partial charge < -0.3 is 10.6 Å². The van der Waals surface area contributed by atoms with Crippen LogP contribution in [0.2, 0.25) is 0 Å². The lowest BCUT2D eigenvalue weighted by atomic mass is 9.96. The van der Waals surface area contributed by atoms with Crippen LogP contribution in [-0.2, 0) is 12.8 Å². The minimum Gasteiger partial charge on any atom is -0.367 e. The maximum absolute atomic E-state index is 3.95. The number of anilines is 2. The van der Waals surface area contributed by atoms with Gasteiger partial charge in [0.15, 0.2) is 0 Å². The molecule has 0 radical (unpaired) electrons. The molecule has 0 fully saturated rings. The first-order chi connectivity index (χ1) is 21.1. The van der Waals surface area contributed by atoms with E-state index in [0.717, 1.165) is 23.7 Å². The summed E-state index contributed by atoms with van der Waals surface area (Å²) in [6.07, 6.45) is 13.3. The molecule has 4 heterocycles. The Balaban J connectivity index is 1.15. The molecule has 0 spiro atoms. The Kier molecular flexibility index (Phi) is 12.2. The van der Waals surface area contributed by atoms with Crippen LogP contribution in [0.1, 0.15) is 134 Å². The molecular weight excluding hydrogens is 613 g/mol. The Hall–Kier alpha value is -1.08. The number of hydrogen-bond acceptors (Lipinski definition) is 6. The molecule has 0 saturated carbocycles. The van der Waals surface area contributed by atoms with Crippen molar-refractivity contribution in [3.63, 3.8) is 0 Å². The third-order valence-electron chi connectivity index (χ3n) is 9.51. The van der Waals surface area contributed by atoms with Crippen molar-refractivity contribution >= 4 is 57.6 Å². The molecule has 3 aromatic rings. The number of aryl methyl sites for hydroxylation is 2. The zero-order valence-corrected chi connectivity index (χ0v) is 31.7. The summed E-state index contributed by atoms with van der Waals surface area (Å²) >= 11 is 8.07. The molecule has 4 atom stereocenters. The highest BCUT2D eigenvalue weighted by Crippen LogP contribution is 2.59. The molecule has 2 N–H and O–H groups in total. The molecule has 0 bridgehead atoms. The lowest BCUT2D eigenvalue weighted by Gasteiger charge is -2.13. The molecule has 2 nitrogen and oxygen atoms in total. The number of benzene rings is 1. The van der Waals surface area contributed by atoms with Crippen molar-refractivity contribution in [2.45, 2.75) is 140 Å². The fourth-order valence-electron chi connectivity index (χ4n) is 6.55. The Bertz CT molecular complexity index is 1230. The summed E-state index contributed by atoms with van der Waals surface area (Å²) in [6, 6.07) is 9.53. The number of thiophene rings is 2. The maximum atomic E-state index is 3.95. The van der Waals surface area contributed by atoms with E-state index in [0.29, 0.717) is 10.7 Å². The highest BCUT2D eigenvalue weighted by Gasteiger charge is 2.35. The van der Waals surface area contributed by atoms with Gasteiger partial charge in [-0.25, -0.2) is 0 Å². The molecule has 2 aromatic heterocycles. The molecule has 44 heavy (non-hydrogen) atoms. The number of nitrogens with one attached hydrogen (secondary N) is 2. The summed E-state index contributed by atoms with van der Waals surface area (Å²) in [7, 11) is 0. The third kappa shape index (κ3) is 8.63. The third-order valence-corrected chi connectivity index (χ3v) is 14.9. The zero-order chi connectivity index (χ0) is 31.4. The minimum atomic E-state index is 0.320. The lowest BCUT2D eigenvalue weighted by Crippen LogP contribution is -2.01. The first kappa shape index (κ1) is 34.3. The molecule has 242 valence electrons. The second-order valence-corrected chi connectivity index (χ2v) is 19.1. The van der Waals surface area contributed by atoms with Crippen LogP contribution in [-0.4, -0.2) is 0 Å². The van der Waals surface area contributed by atoms with E-state index in [4.69, 9.17) is 0 Å². The van der Waals surface area contributed by atoms with Gasteiger partial charge >= 0.3 is 0 Å². The maximum Gasteiger partial charge on any atom is 0.112 e. The van der Waals surface area contributed by atoms with Gasteiger partial charge in [0.05, 0.1) is 11.4 Å². The van der Waals surface area contributed by atoms with E-state index in [2.05, 4.69) is 90.3 Å². The fraction of sp³-hybridized carbons (Fsp3) is 0.632. The van der Waals surface area contributed by atoms with E-state index in [1.165, 1.54) is 106 Å². The number of thioether (sulfide) groups is 2. The van der Waals surface area contributed by atoms with E-state index in [1.54, 1.807) is 9.75 Å². The van der Waals surface area contributed by atoms with Crippen molar-refractivity contribution < 1.29 is 0 Å². The van der Waals surface area contributed by atoms with Gasteiger partial charge in [0.2, 0.25) is 0 Å². The first-order valence-corrected chi connectivity index (χ1v) is 20.7. The second-order valence-electron chi connectivity index (χ2n) is 14.5. The van der Waals surface area contributed by atoms with Gasteiger partial charge in [0, 0.05) is 29.3 Å². The number of rotatable bonds is 16. The van der Waals surface area contributed by atoms with Gasteiger partial charge in [-0.2, -0.15) is 0 Å². The van der Waals surface area contributed by atoms with Crippen LogP contribution in [0.3, 0.4) is 0 Å². The predicted octanol–water partition coefficient (Wildman–Crippen LogP) is 13.6. The number of fused-ring (bicyclic) bond motifs is 2. The molecule has 5 rings (SSSR count). The van der Waals surface area contributed by atoms with Crippen molar-refractivity contribution in [1.29, 1.82) is 0 Å². The molecule has 0 saturated heterocycles.